The molecule has 2 aliphatic heterocycles. The van der Waals surface area contributed by atoms with Gasteiger partial charge >= 0.3 is 0 Å². The Morgan fingerprint density at radius 1 is 1.25 bits per heavy atom. The van der Waals surface area contributed by atoms with Crippen LogP contribution in [0.15, 0.2) is 30.6 Å². The molecule has 1 aliphatic carbocycles. The highest BCUT2D eigenvalue weighted by Gasteiger charge is 2.43. The van der Waals surface area contributed by atoms with Gasteiger partial charge in [0, 0.05) is 32.8 Å². The lowest BCUT2D eigenvalue weighted by atomic mass is 9.90. The quantitative estimate of drug-likeness (QED) is 0.492. The first-order valence-electron chi connectivity index (χ1n) is 12.9. The van der Waals surface area contributed by atoms with E-state index in [0.29, 0.717) is 42.1 Å². The van der Waals surface area contributed by atoms with Crippen molar-refractivity contribution >= 4 is 23.5 Å². The number of amides is 1. The van der Waals surface area contributed by atoms with Gasteiger partial charge in [-0.05, 0) is 61.5 Å². The first-order valence-corrected chi connectivity index (χ1v) is 13.3. The highest BCUT2D eigenvalue weighted by atomic mass is 35.5. The Labute approximate surface area is 216 Å². The van der Waals surface area contributed by atoms with Crippen molar-refractivity contribution in [1.82, 2.24) is 14.9 Å². The number of rotatable bonds is 9. The topological polar surface area (TPSA) is 67.8 Å². The summed E-state index contributed by atoms with van der Waals surface area (Å²) in [4.78, 5) is 25.1. The first kappa shape index (κ1) is 25.2. The van der Waals surface area contributed by atoms with Gasteiger partial charge in [0.05, 0.1) is 43.1 Å². The van der Waals surface area contributed by atoms with Crippen molar-refractivity contribution in [2.45, 2.75) is 44.6 Å². The molecule has 1 unspecified atom stereocenters. The average Bonchev–Trinajstić information content (AvgIpc) is 3.44. The van der Waals surface area contributed by atoms with Gasteiger partial charge in [0.2, 0.25) is 11.9 Å². The third-order valence-corrected chi connectivity index (χ3v) is 8.18. The Morgan fingerprint density at radius 3 is 2.72 bits per heavy atom. The fourth-order valence-corrected chi connectivity index (χ4v) is 5.68. The maximum absolute atomic E-state index is 14.6. The molecule has 1 aromatic heterocycles. The zero-order valence-corrected chi connectivity index (χ0v) is 21.5. The number of carbonyl (C=O) groups excluding carboxylic acids is 1. The van der Waals surface area contributed by atoms with E-state index in [-0.39, 0.29) is 18.4 Å². The fourth-order valence-electron chi connectivity index (χ4n) is 5.58. The minimum atomic E-state index is -0.391. The number of aromatic nitrogens is 2. The van der Waals surface area contributed by atoms with Crippen molar-refractivity contribution in [1.29, 1.82) is 0 Å². The average molecular weight is 517 g/mol. The molecule has 0 bridgehead atoms. The summed E-state index contributed by atoms with van der Waals surface area (Å²) in [6.45, 7) is 3.76. The van der Waals surface area contributed by atoms with E-state index in [9.17, 15) is 9.18 Å². The number of hydrogen-bond acceptors (Lipinski definition) is 6. The van der Waals surface area contributed by atoms with Gasteiger partial charge in [0.15, 0.2) is 0 Å². The molecule has 3 heterocycles. The normalized spacial score (nSPS) is 24.1. The predicted octanol–water partition coefficient (Wildman–Crippen LogP) is 4.38. The van der Waals surface area contributed by atoms with Crippen LogP contribution < -0.4 is 9.64 Å². The predicted molar refractivity (Wildman–Crippen MR) is 136 cm³/mol. The number of hydrogen-bond donors (Lipinski definition) is 0. The highest BCUT2D eigenvalue weighted by Crippen LogP contribution is 2.49. The van der Waals surface area contributed by atoms with E-state index in [1.807, 2.05) is 0 Å². The molecule has 3 fully saturated rings. The second-order valence-corrected chi connectivity index (χ2v) is 10.7. The smallest absolute Gasteiger partial charge is 0.227 e. The van der Waals surface area contributed by atoms with Crippen molar-refractivity contribution in [2.75, 3.05) is 44.9 Å². The monoisotopic (exact) mass is 516 g/mol. The summed E-state index contributed by atoms with van der Waals surface area (Å²) in [5.41, 5.74) is 0.399. The molecule has 2 saturated heterocycles. The Kier molecular flexibility index (Phi) is 7.91. The van der Waals surface area contributed by atoms with Crippen LogP contribution in [0.25, 0.3) is 0 Å². The number of halogens is 2. The summed E-state index contributed by atoms with van der Waals surface area (Å²) >= 11 is 5.89. The van der Waals surface area contributed by atoms with Crippen LogP contribution in [0.3, 0.4) is 0 Å². The van der Waals surface area contributed by atoms with Gasteiger partial charge < -0.3 is 19.3 Å². The van der Waals surface area contributed by atoms with Gasteiger partial charge in [-0.2, -0.15) is 0 Å². The maximum Gasteiger partial charge on any atom is 0.227 e. The standard InChI is InChI=1S/C27H34ClFN4O3/c1-32(22-7-10-35-17-22)26(34)13-20-2-3-23(14-25(20)29)36-11-6-19-12-24(19)18-4-8-33(9-5-18)27-30-15-21(28)16-31-27/h2-3,14-16,18-19,22,24H,4-13,17H2,1H3/t19-,22?,24-/m1/s1. The van der Waals surface area contributed by atoms with Crippen LogP contribution in [0.1, 0.15) is 37.7 Å². The number of ether oxygens (including phenoxy) is 2. The first-order chi connectivity index (χ1) is 17.5. The fraction of sp³-hybridized carbons (Fsp3) is 0.593. The third-order valence-electron chi connectivity index (χ3n) is 7.98. The van der Waals surface area contributed by atoms with Crippen LogP contribution in [0.4, 0.5) is 10.3 Å². The van der Waals surface area contributed by atoms with Gasteiger partial charge in [-0.25, -0.2) is 14.4 Å². The minimum absolute atomic E-state index is 0.0474. The van der Waals surface area contributed by atoms with E-state index in [0.717, 1.165) is 56.6 Å². The molecule has 194 valence electrons. The molecular formula is C27H34ClFN4O3. The summed E-state index contributed by atoms with van der Waals surface area (Å²) in [7, 11) is 1.76. The molecule has 2 aromatic rings. The summed E-state index contributed by atoms with van der Waals surface area (Å²) in [5, 5.41) is 0.559. The zero-order valence-electron chi connectivity index (χ0n) is 20.7. The molecule has 7 nitrogen and oxygen atoms in total. The number of carbonyl (C=O) groups is 1. The van der Waals surface area contributed by atoms with E-state index in [4.69, 9.17) is 21.1 Å². The lowest BCUT2D eigenvalue weighted by molar-refractivity contribution is -0.131. The third kappa shape index (κ3) is 6.09. The Hall–Kier alpha value is -2.45. The Bertz CT molecular complexity index is 1040. The molecule has 36 heavy (non-hydrogen) atoms. The van der Waals surface area contributed by atoms with Crippen LogP contribution in [0.2, 0.25) is 5.02 Å². The van der Waals surface area contributed by atoms with Crippen molar-refractivity contribution < 1.29 is 18.7 Å². The van der Waals surface area contributed by atoms with Crippen LogP contribution in [-0.4, -0.2) is 66.8 Å². The zero-order chi connectivity index (χ0) is 25.1. The second-order valence-electron chi connectivity index (χ2n) is 10.3. The van der Waals surface area contributed by atoms with Gasteiger partial charge in [-0.1, -0.05) is 17.7 Å². The number of anilines is 1. The molecule has 3 aliphatic rings. The maximum atomic E-state index is 14.6. The number of piperidine rings is 1. The Balaban J connectivity index is 1.02. The molecule has 0 spiro atoms. The summed E-state index contributed by atoms with van der Waals surface area (Å²) in [6.07, 6.45) is 8.73. The molecule has 3 atom stereocenters. The summed E-state index contributed by atoms with van der Waals surface area (Å²) in [5.74, 6) is 2.98. The number of likely N-dealkylation sites (N-methyl/N-ethyl adjacent to an activating group) is 1. The van der Waals surface area contributed by atoms with Crippen molar-refractivity contribution in [2.24, 2.45) is 17.8 Å². The number of benzene rings is 1. The molecule has 0 N–H and O–H groups in total. The SMILES string of the molecule is CN(C(=O)Cc1ccc(OCC[C@@H]2C[C@@H]2C2CCN(c3ncc(Cl)cn3)CC2)cc1F)C1CCOC1. The van der Waals surface area contributed by atoms with E-state index >= 15 is 0 Å². The summed E-state index contributed by atoms with van der Waals surface area (Å²) < 4.78 is 25.8. The van der Waals surface area contributed by atoms with Gasteiger partial charge in [0.25, 0.3) is 0 Å². The molecular weight excluding hydrogens is 483 g/mol. The minimum Gasteiger partial charge on any atom is -0.493 e. The van der Waals surface area contributed by atoms with Gasteiger partial charge in [0.1, 0.15) is 11.6 Å². The lowest BCUT2D eigenvalue weighted by Crippen LogP contribution is -2.38. The lowest BCUT2D eigenvalue weighted by Gasteiger charge is -2.32. The van der Waals surface area contributed by atoms with E-state index < -0.39 is 5.82 Å². The van der Waals surface area contributed by atoms with Crippen LogP contribution >= 0.6 is 11.6 Å². The van der Waals surface area contributed by atoms with Crippen LogP contribution in [0, 0.1) is 23.6 Å². The molecule has 5 rings (SSSR count). The summed E-state index contributed by atoms with van der Waals surface area (Å²) in [6, 6.07) is 4.92. The largest absolute Gasteiger partial charge is 0.493 e. The molecule has 9 heteroatoms. The van der Waals surface area contributed by atoms with Crippen molar-refractivity contribution in [3.63, 3.8) is 0 Å². The molecule has 1 aromatic carbocycles. The van der Waals surface area contributed by atoms with Crippen LogP contribution in [0.5, 0.6) is 5.75 Å². The molecule has 0 radical (unpaired) electrons. The van der Waals surface area contributed by atoms with E-state index in [2.05, 4.69) is 14.9 Å². The molecule has 1 amide bonds. The van der Waals surface area contributed by atoms with E-state index in [1.54, 1.807) is 36.5 Å². The second kappa shape index (κ2) is 11.3. The van der Waals surface area contributed by atoms with Crippen molar-refractivity contribution in [3.05, 3.63) is 47.0 Å². The number of nitrogens with zero attached hydrogens (tertiary/aromatic N) is 4. The van der Waals surface area contributed by atoms with Crippen molar-refractivity contribution in [3.8, 4) is 5.75 Å². The van der Waals surface area contributed by atoms with E-state index in [1.165, 1.54) is 12.5 Å². The van der Waals surface area contributed by atoms with Gasteiger partial charge in [-0.3, -0.25) is 4.79 Å². The van der Waals surface area contributed by atoms with Gasteiger partial charge in [-0.15, -0.1) is 0 Å². The molecule has 1 saturated carbocycles. The Morgan fingerprint density at radius 2 is 2.03 bits per heavy atom. The highest BCUT2D eigenvalue weighted by molar-refractivity contribution is 6.30. The van der Waals surface area contributed by atoms with Crippen LogP contribution in [-0.2, 0) is 16.0 Å².